The van der Waals surface area contributed by atoms with Crippen molar-refractivity contribution in [1.82, 2.24) is 0 Å². The van der Waals surface area contributed by atoms with E-state index < -0.39 is 5.97 Å². The maximum absolute atomic E-state index is 12.1. The number of hydrogen-bond donors (Lipinski definition) is 2. The molecule has 0 bridgehead atoms. The number of amides is 1. The zero-order chi connectivity index (χ0) is 14.7. The fourth-order valence-electron chi connectivity index (χ4n) is 1.77. The van der Waals surface area contributed by atoms with Crippen molar-refractivity contribution in [2.75, 3.05) is 5.32 Å². The molecule has 0 saturated carbocycles. The first-order valence-electron chi connectivity index (χ1n) is 5.87. The summed E-state index contributed by atoms with van der Waals surface area (Å²) < 4.78 is 0. The van der Waals surface area contributed by atoms with Crippen molar-refractivity contribution in [2.45, 2.75) is 6.92 Å². The minimum atomic E-state index is -1.10. The van der Waals surface area contributed by atoms with Crippen LogP contribution in [0.4, 0.5) is 5.69 Å². The molecule has 20 heavy (non-hydrogen) atoms. The van der Waals surface area contributed by atoms with E-state index >= 15 is 0 Å². The van der Waals surface area contributed by atoms with Crippen molar-refractivity contribution in [3.63, 3.8) is 0 Å². The molecule has 0 fully saturated rings. The van der Waals surface area contributed by atoms with Crippen LogP contribution in [-0.4, -0.2) is 17.0 Å². The zero-order valence-corrected chi connectivity index (χ0v) is 11.4. The molecule has 0 unspecified atom stereocenters. The molecule has 0 radical (unpaired) electrons. The lowest BCUT2D eigenvalue weighted by Gasteiger charge is -2.07. The van der Waals surface area contributed by atoms with E-state index in [1.807, 2.05) is 13.0 Å². The summed E-state index contributed by atoms with van der Waals surface area (Å²) >= 11 is 5.83. The average molecular weight is 290 g/mol. The van der Waals surface area contributed by atoms with Gasteiger partial charge in [0.1, 0.15) is 0 Å². The maximum atomic E-state index is 12.1. The Hall–Kier alpha value is -2.33. The minimum Gasteiger partial charge on any atom is -0.478 e. The highest BCUT2D eigenvalue weighted by molar-refractivity contribution is 6.31. The van der Waals surface area contributed by atoms with E-state index in [-0.39, 0.29) is 16.5 Å². The summed E-state index contributed by atoms with van der Waals surface area (Å²) in [4.78, 5) is 23.0. The van der Waals surface area contributed by atoms with Crippen molar-refractivity contribution in [3.8, 4) is 0 Å². The van der Waals surface area contributed by atoms with Gasteiger partial charge in [-0.2, -0.15) is 0 Å². The summed E-state index contributed by atoms with van der Waals surface area (Å²) in [6.07, 6.45) is 0. The summed E-state index contributed by atoms with van der Waals surface area (Å²) in [5, 5.41) is 11.8. The van der Waals surface area contributed by atoms with Crippen LogP contribution in [0.25, 0.3) is 0 Å². The van der Waals surface area contributed by atoms with Gasteiger partial charge in [0.05, 0.1) is 5.56 Å². The van der Waals surface area contributed by atoms with Crippen LogP contribution in [0.1, 0.15) is 26.3 Å². The monoisotopic (exact) mass is 289 g/mol. The highest BCUT2D eigenvalue weighted by Gasteiger charge is 2.10. The lowest BCUT2D eigenvalue weighted by atomic mass is 10.1. The summed E-state index contributed by atoms with van der Waals surface area (Å²) in [6, 6.07) is 11.3. The van der Waals surface area contributed by atoms with Gasteiger partial charge in [0, 0.05) is 16.3 Å². The molecule has 2 N–H and O–H groups in total. The van der Waals surface area contributed by atoms with Crippen molar-refractivity contribution in [2.24, 2.45) is 0 Å². The second kappa shape index (κ2) is 5.75. The molecule has 102 valence electrons. The number of aromatic carboxylic acids is 1. The van der Waals surface area contributed by atoms with Gasteiger partial charge in [-0.15, -0.1) is 0 Å². The molecule has 1 amide bonds. The molecule has 0 aliphatic carbocycles. The van der Waals surface area contributed by atoms with Crippen LogP contribution in [0.2, 0.25) is 5.02 Å². The first-order chi connectivity index (χ1) is 9.45. The molecule has 0 aromatic heterocycles. The van der Waals surface area contributed by atoms with Crippen molar-refractivity contribution in [1.29, 1.82) is 0 Å². The van der Waals surface area contributed by atoms with Gasteiger partial charge in [0.2, 0.25) is 0 Å². The molecular weight excluding hydrogens is 278 g/mol. The molecule has 0 aliphatic rings. The number of hydrogen-bond acceptors (Lipinski definition) is 2. The summed E-state index contributed by atoms with van der Waals surface area (Å²) in [5.74, 6) is -1.41. The number of benzene rings is 2. The number of halogens is 1. The molecule has 0 heterocycles. The fourth-order valence-corrected chi connectivity index (χ4v) is 2.01. The molecule has 0 aliphatic heterocycles. The van der Waals surface area contributed by atoms with Gasteiger partial charge >= 0.3 is 5.97 Å². The summed E-state index contributed by atoms with van der Waals surface area (Å²) in [5.41, 5.74) is 1.84. The molecule has 2 rings (SSSR count). The zero-order valence-electron chi connectivity index (χ0n) is 10.7. The first kappa shape index (κ1) is 14.1. The second-order valence-corrected chi connectivity index (χ2v) is 4.79. The Morgan fingerprint density at radius 2 is 1.85 bits per heavy atom. The van der Waals surface area contributed by atoms with Crippen molar-refractivity contribution >= 4 is 29.2 Å². The number of carboxylic acid groups (broad SMARTS) is 1. The van der Waals surface area contributed by atoms with Crippen LogP contribution in [0.3, 0.4) is 0 Å². The van der Waals surface area contributed by atoms with E-state index in [4.69, 9.17) is 16.7 Å². The number of nitrogens with one attached hydrogen (secondary N) is 1. The standard InChI is InChI=1S/C15H12ClNO3/c1-9-3-2-4-10(5-9)14(18)17-13-7-11(15(19)20)6-12(16)8-13/h2-8H,1H3,(H,17,18)(H,19,20). The first-order valence-corrected chi connectivity index (χ1v) is 6.25. The molecule has 2 aromatic rings. The summed E-state index contributed by atoms with van der Waals surface area (Å²) in [6.45, 7) is 1.89. The van der Waals surface area contributed by atoms with E-state index in [1.54, 1.807) is 18.2 Å². The number of aryl methyl sites for hydroxylation is 1. The third-order valence-electron chi connectivity index (χ3n) is 2.68. The van der Waals surface area contributed by atoms with E-state index in [1.165, 1.54) is 18.2 Å². The second-order valence-electron chi connectivity index (χ2n) is 4.36. The molecule has 0 atom stereocenters. The van der Waals surface area contributed by atoms with Gasteiger partial charge in [0.15, 0.2) is 0 Å². The number of anilines is 1. The summed E-state index contributed by atoms with van der Waals surface area (Å²) in [7, 11) is 0. The van der Waals surface area contributed by atoms with Crippen LogP contribution in [0.15, 0.2) is 42.5 Å². The highest BCUT2D eigenvalue weighted by atomic mass is 35.5. The minimum absolute atomic E-state index is 0.0250. The van der Waals surface area contributed by atoms with E-state index in [0.29, 0.717) is 11.3 Å². The molecule has 0 saturated heterocycles. The van der Waals surface area contributed by atoms with Crippen LogP contribution in [0, 0.1) is 6.92 Å². The highest BCUT2D eigenvalue weighted by Crippen LogP contribution is 2.20. The smallest absolute Gasteiger partial charge is 0.335 e. The Balaban J connectivity index is 2.26. The maximum Gasteiger partial charge on any atom is 0.335 e. The number of rotatable bonds is 3. The Morgan fingerprint density at radius 3 is 2.50 bits per heavy atom. The quantitative estimate of drug-likeness (QED) is 0.907. The van der Waals surface area contributed by atoms with Crippen LogP contribution in [0.5, 0.6) is 0 Å². The van der Waals surface area contributed by atoms with E-state index in [2.05, 4.69) is 5.32 Å². The van der Waals surface area contributed by atoms with Gasteiger partial charge in [-0.05, 0) is 37.3 Å². The SMILES string of the molecule is Cc1cccc(C(=O)Nc2cc(Cl)cc(C(=O)O)c2)c1. The van der Waals surface area contributed by atoms with Gasteiger partial charge in [-0.1, -0.05) is 29.3 Å². The van der Waals surface area contributed by atoms with Crippen LogP contribution < -0.4 is 5.32 Å². The topological polar surface area (TPSA) is 66.4 Å². The fraction of sp³-hybridized carbons (Fsp3) is 0.0667. The normalized spacial score (nSPS) is 10.1. The Labute approximate surface area is 121 Å². The molecular formula is C15H12ClNO3. The molecule has 2 aromatic carbocycles. The predicted molar refractivity (Wildman–Crippen MR) is 77.5 cm³/mol. The largest absolute Gasteiger partial charge is 0.478 e. The Morgan fingerprint density at radius 1 is 1.10 bits per heavy atom. The third-order valence-corrected chi connectivity index (χ3v) is 2.90. The van der Waals surface area contributed by atoms with Gasteiger partial charge in [-0.3, -0.25) is 4.79 Å². The Kier molecular flexibility index (Phi) is 4.05. The number of carboxylic acids is 1. The van der Waals surface area contributed by atoms with Crippen molar-refractivity contribution in [3.05, 3.63) is 64.2 Å². The lowest BCUT2D eigenvalue weighted by molar-refractivity contribution is 0.0696. The molecule has 4 nitrogen and oxygen atoms in total. The lowest BCUT2D eigenvalue weighted by Crippen LogP contribution is -2.12. The number of carbonyl (C=O) groups excluding carboxylic acids is 1. The predicted octanol–water partition coefficient (Wildman–Crippen LogP) is 3.60. The van der Waals surface area contributed by atoms with Gasteiger partial charge in [0.25, 0.3) is 5.91 Å². The molecule has 5 heteroatoms. The van der Waals surface area contributed by atoms with Crippen LogP contribution >= 0.6 is 11.6 Å². The van der Waals surface area contributed by atoms with Crippen LogP contribution in [-0.2, 0) is 0 Å². The van der Waals surface area contributed by atoms with Gasteiger partial charge < -0.3 is 10.4 Å². The third kappa shape index (κ3) is 3.36. The average Bonchev–Trinajstić information content (AvgIpc) is 2.37. The number of carbonyl (C=O) groups is 2. The van der Waals surface area contributed by atoms with Gasteiger partial charge in [-0.25, -0.2) is 4.79 Å². The Bertz CT molecular complexity index is 683. The van der Waals surface area contributed by atoms with E-state index in [9.17, 15) is 9.59 Å². The van der Waals surface area contributed by atoms with Crippen molar-refractivity contribution < 1.29 is 14.7 Å². The van der Waals surface area contributed by atoms with E-state index in [0.717, 1.165) is 5.56 Å². The molecule has 0 spiro atoms.